The van der Waals surface area contributed by atoms with Crippen LogP contribution in [-0.2, 0) is 9.59 Å². The molecule has 1 fully saturated rings. The van der Waals surface area contributed by atoms with Crippen molar-refractivity contribution in [3.8, 4) is 0 Å². The molecule has 0 aromatic rings. The number of carboxylic acids is 1. The third-order valence-electron chi connectivity index (χ3n) is 4.70. The van der Waals surface area contributed by atoms with Gasteiger partial charge in [0, 0.05) is 18.8 Å². The molecule has 0 amide bonds. The molecule has 1 aliphatic rings. The number of aliphatic hydroxyl groups excluding tert-OH is 2. The Morgan fingerprint density at radius 2 is 1.78 bits per heavy atom. The summed E-state index contributed by atoms with van der Waals surface area (Å²) in [4.78, 5) is 22.2. The summed E-state index contributed by atoms with van der Waals surface area (Å²) < 4.78 is 0. The standard InChI is InChI=1S/C22H32O5/c1-2-18-19(21(25)16-20(18)24)15-14-17(23)12-10-8-6-4-3-5-7-9-11-13-22(26)27/h3-4,7-10,14-15,17-20,23-24H,2,5-6,11-13,16H2,1H3,(H,26,27)/b4-3-,9-7-,10-8-,15-14+/t17-,18-,19+,20+/m0/s1. The lowest BCUT2D eigenvalue weighted by molar-refractivity contribution is -0.136. The molecule has 1 rings (SSSR count). The van der Waals surface area contributed by atoms with E-state index in [2.05, 4.69) is 0 Å². The average molecular weight is 376 g/mol. The third kappa shape index (κ3) is 9.50. The Kier molecular flexibility index (Phi) is 11.3. The van der Waals surface area contributed by atoms with Gasteiger partial charge in [-0.2, -0.15) is 0 Å². The maximum Gasteiger partial charge on any atom is 0.303 e. The lowest BCUT2D eigenvalue weighted by Crippen LogP contribution is -2.18. The van der Waals surface area contributed by atoms with E-state index in [0.717, 1.165) is 19.3 Å². The fourth-order valence-corrected chi connectivity index (χ4v) is 3.18. The number of carbonyl (C=O) groups excluding carboxylic acids is 1. The van der Waals surface area contributed by atoms with Crippen molar-refractivity contribution in [1.82, 2.24) is 0 Å². The topological polar surface area (TPSA) is 94.8 Å². The molecule has 0 saturated heterocycles. The molecule has 27 heavy (non-hydrogen) atoms. The zero-order chi connectivity index (χ0) is 20.1. The van der Waals surface area contributed by atoms with Gasteiger partial charge in [0.1, 0.15) is 5.78 Å². The minimum Gasteiger partial charge on any atom is -0.481 e. The van der Waals surface area contributed by atoms with Crippen molar-refractivity contribution in [1.29, 1.82) is 0 Å². The summed E-state index contributed by atoms with van der Waals surface area (Å²) in [6.45, 7) is 1.96. The number of Topliss-reactive ketones (excluding diaryl/α,β-unsaturated/α-hetero) is 1. The first-order chi connectivity index (χ1) is 13.0. The molecular formula is C22H32O5. The zero-order valence-electron chi connectivity index (χ0n) is 16.0. The number of carboxylic acid groups (broad SMARTS) is 1. The number of allylic oxidation sites excluding steroid dienone is 6. The van der Waals surface area contributed by atoms with E-state index in [1.54, 1.807) is 12.2 Å². The van der Waals surface area contributed by atoms with E-state index in [1.165, 1.54) is 0 Å². The maximum absolute atomic E-state index is 11.9. The van der Waals surface area contributed by atoms with Crippen LogP contribution in [0.4, 0.5) is 0 Å². The van der Waals surface area contributed by atoms with Gasteiger partial charge >= 0.3 is 5.97 Å². The van der Waals surface area contributed by atoms with Crippen LogP contribution in [0.5, 0.6) is 0 Å². The number of rotatable bonds is 12. The lowest BCUT2D eigenvalue weighted by atomic mass is 9.91. The predicted octanol–water partition coefficient (Wildman–Crippen LogP) is 3.58. The molecule has 0 spiro atoms. The minimum atomic E-state index is -0.782. The molecule has 3 N–H and O–H groups in total. The van der Waals surface area contributed by atoms with Crippen molar-refractivity contribution in [3.63, 3.8) is 0 Å². The molecule has 0 aromatic carbocycles. The Balaban J connectivity index is 2.22. The highest BCUT2D eigenvalue weighted by Crippen LogP contribution is 2.32. The van der Waals surface area contributed by atoms with Crippen LogP contribution >= 0.6 is 0 Å². The molecule has 4 atom stereocenters. The Hall–Kier alpha value is -1.98. The predicted molar refractivity (Wildman–Crippen MR) is 106 cm³/mol. The highest BCUT2D eigenvalue weighted by molar-refractivity contribution is 5.85. The second-order valence-corrected chi connectivity index (χ2v) is 6.84. The van der Waals surface area contributed by atoms with Gasteiger partial charge in [-0.25, -0.2) is 0 Å². The molecule has 5 heteroatoms. The van der Waals surface area contributed by atoms with E-state index >= 15 is 0 Å². The molecule has 150 valence electrons. The molecule has 0 radical (unpaired) electrons. The highest BCUT2D eigenvalue weighted by atomic mass is 16.4. The maximum atomic E-state index is 11.9. The fraction of sp³-hybridized carbons (Fsp3) is 0.545. The molecule has 5 nitrogen and oxygen atoms in total. The minimum absolute atomic E-state index is 0.0418. The van der Waals surface area contributed by atoms with Crippen LogP contribution in [-0.4, -0.2) is 39.3 Å². The van der Waals surface area contributed by atoms with E-state index in [4.69, 9.17) is 5.11 Å². The molecule has 0 aliphatic heterocycles. The van der Waals surface area contributed by atoms with E-state index in [-0.39, 0.29) is 30.5 Å². The summed E-state index contributed by atoms with van der Waals surface area (Å²) in [5, 5.41) is 28.4. The van der Waals surface area contributed by atoms with Gasteiger partial charge in [0.05, 0.1) is 12.2 Å². The van der Waals surface area contributed by atoms with Gasteiger partial charge in [0.25, 0.3) is 0 Å². The number of aliphatic hydroxyl groups is 2. The highest BCUT2D eigenvalue weighted by Gasteiger charge is 2.38. The third-order valence-corrected chi connectivity index (χ3v) is 4.70. The number of carbonyl (C=O) groups is 2. The molecule has 0 unspecified atom stereocenters. The second kappa shape index (κ2) is 13.2. The van der Waals surface area contributed by atoms with Crippen molar-refractivity contribution in [2.45, 2.75) is 64.1 Å². The van der Waals surface area contributed by atoms with Crippen molar-refractivity contribution in [2.75, 3.05) is 0 Å². The van der Waals surface area contributed by atoms with Crippen LogP contribution < -0.4 is 0 Å². The first kappa shape index (κ1) is 23.1. The Bertz CT molecular complexity index is 573. The number of hydrogen-bond donors (Lipinski definition) is 3. The van der Waals surface area contributed by atoms with Crippen molar-refractivity contribution in [3.05, 3.63) is 48.6 Å². The van der Waals surface area contributed by atoms with Crippen LogP contribution in [0, 0.1) is 11.8 Å². The smallest absolute Gasteiger partial charge is 0.303 e. The molecule has 0 aromatic heterocycles. The van der Waals surface area contributed by atoms with E-state index in [9.17, 15) is 19.8 Å². The van der Waals surface area contributed by atoms with E-state index in [0.29, 0.717) is 12.8 Å². The van der Waals surface area contributed by atoms with Crippen molar-refractivity contribution < 1.29 is 24.9 Å². The summed E-state index contributed by atoms with van der Waals surface area (Å²) in [6, 6.07) is 0. The van der Waals surface area contributed by atoms with Gasteiger partial charge in [-0.1, -0.05) is 55.5 Å². The molecule has 1 saturated carbocycles. The van der Waals surface area contributed by atoms with Gasteiger partial charge in [-0.05, 0) is 38.0 Å². The largest absolute Gasteiger partial charge is 0.481 e. The molecule has 0 bridgehead atoms. The molecule has 0 heterocycles. The number of ketones is 1. The van der Waals surface area contributed by atoms with Gasteiger partial charge in [-0.15, -0.1) is 0 Å². The summed E-state index contributed by atoms with van der Waals surface area (Å²) in [6.07, 6.45) is 17.7. The molecule has 1 aliphatic carbocycles. The average Bonchev–Trinajstić information content (AvgIpc) is 2.90. The van der Waals surface area contributed by atoms with Gasteiger partial charge < -0.3 is 15.3 Å². The van der Waals surface area contributed by atoms with Gasteiger partial charge in [0.15, 0.2) is 0 Å². The summed E-state index contributed by atoms with van der Waals surface area (Å²) in [5.74, 6) is -1.06. The van der Waals surface area contributed by atoms with Crippen molar-refractivity contribution in [2.24, 2.45) is 11.8 Å². The first-order valence-electron chi connectivity index (χ1n) is 9.69. The first-order valence-corrected chi connectivity index (χ1v) is 9.69. The van der Waals surface area contributed by atoms with Crippen LogP contribution in [0.2, 0.25) is 0 Å². The van der Waals surface area contributed by atoms with Crippen LogP contribution in [0.3, 0.4) is 0 Å². The second-order valence-electron chi connectivity index (χ2n) is 6.84. The SMILES string of the molecule is CC[C@@H]1[C@H](O)CC(=O)[C@@H]1/C=C/[C@@H](O)C/C=C\C/C=C\C/C=C\CCC(=O)O. The molecular weight excluding hydrogens is 344 g/mol. The summed E-state index contributed by atoms with van der Waals surface area (Å²) in [7, 11) is 0. The van der Waals surface area contributed by atoms with Crippen LogP contribution in [0.15, 0.2) is 48.6 Å². The lowest BCUT2D eigenvalue weighted by Gasteiger charge is -2.16. The fourth-order valence-electron chi connectivity index (χ4n) is 3.18. The Morgan fingerprint density at radius 1 is 1.15 bits per heavy atom. The monoisotopic (exact) mass is 376 g/mol. The Morgan fingerprint density at radius 3 is 2.41 bits per heavy atom. The van der Waals surface area contributed by atoms with Crippen molar-refractivity contribution >= 4 is 11.8 Å². The van der Waals surface area contributed by atoms with Gasteiger partial charge in [0.2, 0.25) is 0 Å². The quantitative estimate of drug-likeness (QED) is 0.453. The summed E-state index contributed by atoms with van der Waals surface area (Å²) in [5.41, 5.74) is 0. The number of aliphatic carboxylic acids is 1. The zero-order valence-corrected chi connectivity index (χ0v) is 16.0. The normalized spacial score (nSPS) is 24.9. The van der Waals surface area contributed by atoms with E-state index in [1.807, 2.05) is 43.4 Å². The van der Waals surface area contributed by atoms with E-state index < -0.39 is 18.2 Å². The Labute approximate surface area is 161 Å². The summed E-state index contributed by atoms with van der Waals surface area (Å²) >= 11 is 0. The van der Waals surface area contributed by atoms with Gasteiger partial charge in [-0.3, -0.25) is 9.59 Å². The van der Waals surface area contributed by atoms with Crippen LogP contribution in [0.1, 0.15) is 51.9 Å². The van der Waals surface area contributed by atoms with Crippen LogP contribution in [0.25, 0.3) is 0 Å². The number of hydrogen-bond acceptors (Lipinski definition) is 4.